The molecule has 1 aromatic carbocycles. The second-order valence-electron chi connectivity index (χ2n) is 4.78. The Morgan fingerprint density at radius 3 is 2.83 bits per heavy atom. The molecule has 0 saturated carbocycles. The summed E-state index contributed by atoms with van der Waals surface area (Å²) in [5.74, 6) is 0.0849. The fourth-order valence-electron chi connectivity index (χ4n) is 2.35. The molecule has 0 bridgehead atoms. The van der Waals surface area contributed by atoms with Crippen LogP contribution in [0.15, 0.2) is 24.3 Å². The summed E-state index contributed by atoms with van der Waals surface area (Å²) < 4.78 is 5.26. The summed E-state index contributed by atoms with van der Waals surface area (Å²) in [5, 5.41) is 9.23. The third-order valence-electron chi connectivity index (χ3n) is 3.14. The van der Waals surface area contributed by atoms with Crippen LogP contribution in [0.2, 0.25) is 0 Å². The second-order valence-corrected chi connectivity index (χ2v) is 4.78. The third kappa shape index (κ3) is 3.74. The lowest BCUT2D eigenvalue weighted by atomic mass is 10.1. The molecule has 4 nitrogen and oxygen atoms in total. The van der Waals surface area contributed by atoms with Crippen molar-refractivity contribution in [2.24, 2.45) is 0 Å². The van der Waals surface area contributed by atoms with Crippen LogP contribution in [-0.4, -0.2) is 35.2 Å². The smallest absolute Gasteiger partial charge is 0.302 e. The molecule has 2 rings (SSSR count). The molecule has 1 atom stereocenters. The molecule has 1 N–H and O–H groups in total. The molecule has 0 amide bonds. The van der Waals surface area contributed by atoms with Gasteiger partial charge in [-0.25, -0.2) is 0 Å². The van der Waals surface area contributed by atoms with E-state index in [0.29, 0.717) is 0 Å². The fourth-order valence-corrected chi connectivity index (χ4v) is 2.35. The van der Waals surface area contributed by atoms with Gasteiger partial charge in [0.2, 0.25) is 0 Å². The highest BCUT2D eigenvalue weighted by atomic mass is 16.5. The minimum atomic E-state index is -0.202. The summed E-state index contributed by atoms with van der Waals surface area (Å²) in [6.45, 7) is 4.11. The number of piperidine rings is 1. The number of esters is 1. The van der Waals surface area contributed by atoms with E-state index in [2.05, 4.69) is 4.90 Å². The van der Waals surface area contributed by atoms with Crippen LogP contribution in [-0.2, 0) is 16.1 Å². The lowest BCUT2D eigenvalue weighted by Gasteiger charge is -2.32. The molecular weight excluding hydrogens is 230 g/mol. The Labute approximate surface area is 107 Å². The monoisotopic (exact) mass is 249 g/mol. The zero-order chi connectivity index (χ0) is 13.0. The number of carbonyl (C=O) groups excluding carboxylic acids is 1. The van der Waals surface area contributed by atoms with Gasteiger partial charge >= 0.3 is 5.97 Å². The molecule has 0 spiro atoms. The highest BCUT2D eigenvalue weighted by Crippen LogP contribution is 2.17. The Morgan fingerprint density at radius 1 is 1.44 bits per heavy atom. The Kier molecular flexibility index (Phi) is 4.20. The number of benzene rings is 1. The molecule has 4 heteroatoms. The first-order valence-electron chi connectivity index (χ1n) is 6.31. The van der Waals surface area contributed by atoms with Crippen molar-refractivity contribution in [1.82, 2.24) is 4.90 Å². The molecule has 1 aromatic rings. The van der Waals surface area contributed by atoms with Crippen LogP contribution in [0.4, 0.5) is 0 Å². The number of rotatable bonds is 3. The number of ether oxygens (including phenoxy) is 1. The molecule has 98 valence electrons. The molecule has 1 aliphatic heterocycles. The van der Waals surface area contributed by atoms with Crippen LogP contribution in [0.3, 0.4) is 0 Å². The van der Waals surface area contributed by atoms with E-state index in [1.165, 1.54) is 6.92 Å². The van der Waals surface area contributed by atoms with Gasteiger partial charge in [0, 0.05) is 20.0 Å². The van der Waals surface area contributed by atoms with E-state index < -0.39 is 0 Å². The first kappa shape index (κ1) is 12.9. The summed E-state index contributed by atoms with van der Waals surface area (Å²) in [6.07, 6.45) is 2.02. The standard InChI is InChI=1S/C14H19NO3/c1-11(16)18-14-3-2-8-15(10-14)9-12-4-6-13(17)7-5-12/h4-7,14,17H,2-3,8-10H2,1H3. The minimum absolute atomic E-state index is 0.0216. The van der Waals surface area contributed by atoms with Gasteiger partial charge in [-0.1, -0.05) is 12.1 Å². The maximum absolute atomic E-state index is 10.9. The summed E-state index contributed by atoms with van der Waals surface area (Å²) in [4.78, 5) is 13.2. The molecule has 0 aromatic heterocycles. The van der Waals surface area contributed by atoms with E-state index >= 15 is 0 Å². The summed E-state index contributed by atoms with van der Waals surface area (Å²) >= 11 is 0. The number of phenols is 1. The van der Waals surface area contributed by atoms with E-state index in [9.17, 15) is 9.90 Å². The average Bonchev–Trinajstić information content (AvgIpc) is 2.32. The highest BCUT2D eigenvalue weighted by molar-refractivity contribution is 5.66. The maximum Gasteiger partial charge on any atom is 0.302 e. The van der Waals surface area contributed by atoms with Crippen molar-refractivity contribution >= 4 is 5.97 Å². The van der Waals surface area contributed by atoms with Crippen LogP contribution in [0.25, 0.3) is 0 Å². The van der Waals surface area contributed by atoms with Crippen molar-refractivity contribution in [3.8, 4) is 5.75 Å². The lowest BCUT2D eigenvalue weighted by Crippen LogP contribution is -2.39. The first-order valence-corrected chi connectivity index (χ1v) is 6.31. The van der Waals surface area contributed by atoms with E-state index in [1.807, 2.05) is 12.1 Å². The molecule has 0 radical (unpaired) electrons. The largest absolute Gasteiger partial charge is 0.508 e. The summed E-state index contributed by atoms with van der Waals surface area (Å²) in [5.41, 5.74) is 1.16. The molecular formula is C14H19NO3. The highest BCUT2D eigenvalue weighted by Gasteiger charge is 2.21. The van der Waals surface area contributed by atoms with Crippen LogP contribution in [0.1, 0.15) is 25.3 Å². The molecule has 1 heterocycles. The third-order valence-corrected chi connectivity index (χ3v) is 3.14. The van der Waals surface area contributed by atoms with E-state index in [4.69, 9.17) is 4.74 Å². The Morgan fingerprint density at radius 2 is 2.17 bits per heavy atom. The second kappa shape index (κ2) is 5.87. The molecule has 1 unspecified atom stereocenters. The number of hydrogen-bond donors (Lipinski definition) is 1. The Hall–Kier alpha value is -1.55. The Balaban J connectivity index is 1.89. The SMILES string of the molecule is CC(=O)OC1CCCN(Cc2ccc(O)cc2)C1. The molecule has 1 fully saturated rings. The number of hydrogen-bond acceptors (Lipinski definition) is 4. The number of likely N-dealkylation sites (tertiary alicyclic amines) is 1. The maximum atomic E-state index is 10.9. The number of aromatic hydroxyl groups is 1. The fraction of sp³-hybridized carbons (Fsp3) is 0.500. The van der Waals surface area contributed by atoms with Crippen molar-refractivity contribution in [3.05, 3.63) is 29.8 Å². The van der Waals surface area contributed by atoms with Crippen molar-refractivity contribution in [3.63, 3.8) is 0 Å². The van der Waals surface area contributed by atoms with Gasteiger partial charge in [0.15, 0.2) is 0 Å². The predicted molar refractivity (Wildman–Crippen MR) is 68.2 cm³/mol. The van der Waals surface area contributed by atoms with E-state index in [0.717, 1.165) is 38.0 Å². The van der Waals surface area contributed by atoms with Crippen molar-refractivity contribution in [2.45, 2.75) is 32.4 Å². The van der Waals surface area contributed by atoms with Crippen LogP contribution < -0.4 is 0 Å². The molecule has 0 aliphatic carbocycles. The average molecular weight is 249 g/mol. The zero-order valence-electron chi connectivity index (χ0n) is 10.6. The number of nitrogens with zero attached hydrogens (tertiary/aromatic N) is 1. The van der Waals surface area contributed by atoms with Crippen molar-refractivity contribution in [1.29, 1.82) is 0 Å². The van der Waals surface area contributed by atoms with Crippen molar-refractivity contribution < 1.29 is 14.6 Å². The summed E-state index contributed by atoms with van der Waals surface area (Å²) in [6, 6.07) is 7.24. The predicted octanol–water partition coefficient (Wildman–Crippen LogP) is 1.92. The van der Waals surface area contributed by atoms with Crippen molar-refractivity contribution in [2.75, 3.05) is 13.1 Å². The van der Waals surface area contributed by atoms with Crippen LogP contribution in [0.5, 0.6) is 5.75 Å². The minimum Gasteiger partial charge on any atom is -0.508 e. The van der Waals surface area contributed by atoms with Gasteiger partial charge < -0.3 is 9.84 Å². The van der Waals surface area contributed by atoms with E-state index in [1.54, 1.807) is 12.1 Å². The normalized spacial score (nSPS) is 20.6. The van der Waals surface area contributed by atoms with Gasteiger partial charge in [0.1, 0.15) is 11.9 Å². The number of carbonyl (C=O) groups is 1. The van der Waals surface area contributed by atoms with Gasteiger partial charge in [0.25, 0.3) is 0 Å². The lowest BCUT2D eigenvalue weighted by molar-refractivity contribution is -0.148. The first-order chi connectivity index (χ1) is 8.63. The Bertz CT molecular complexity index is 402. The summed E-state index contributed by atoms with van der Waals surface area (Å²) in [7, 11) is 0. The van der Waals surface area contributed by atoms with Crippen LogP contribution in [0, 0.1) is 0 Å². The quantitative estimate of drug-likeness (QED) is 0.831. The molecule has 1 aliphatic rings. The topological polar surface area (TPSA) is 49.8 Å². The number of phenolic OH excluding ortho intramolecular Hbond substituents is 1. The van der Waals surface area contributed by atoms with Gasteiger partial charge in [-0.05, 0) is 37.1 Å². The zero-order valence-corrected chi connectivity index (χ0v) is 10.6. The van der Waals surface area contributed by atoms with Gasteiger partial charge in [-0.3, -0.25) is 9.69 Å². The van der Waals surface area contributed by atoms with Crippen LogP contribution >= 0.6 is 0 Å². The molecule has 1 saturated heterocycles. The molecule has 18 heavy (non-hydrogen) atoms. The van der Waals surface area contributed by atoms with Gasteiger partial charge in [-0.2, -0.15) is 0 Å². The van der Waals surface area contributed by atoms with E-state index in [-0.39, 0.29) is 17.8 Å². The van der Waals surface area contributed by atoms with Gasteiger partial charge in [0.05, 0.1) is 0 Å². The van der Waals surface area contributed by atoms with Gasteiger partial charge in [-0.15, -0.1) is 0 Å².